The van der Waals surface area contributed by atoms with E-state index in [1.54, 1.807) is 30.3 Å². The molecule has 0 amide bonds. The zero-order valence-corrected chi connectivity index (χ0v) is 23.6. The molecular weight excluding hydrogens is 584 g/mol. The first-order valence-electron chi connectivity index (χ1n) is 12.0. The van der Waals surface area contributed by atoms with Crippen LogP contribution in [0.25, 0.3) is 22.3 Å². The molecule has 40 heavy (non-hydrogen) atoms. The summed E-state index contributed by atoms with van der Waals surface area (Å²) in [6, 6.07) is 49.5. The smallest absolute Gasteiger partial charge is 0.478 e. The molecule has 0 bridgehead atoms. The molecule has 0 radical (unpaired) electrons. The summed E-state index contributed by atoms with van der Waals surface area (Å²) in [6.45, 7) is 0. The second kappa shape index (κ2) is 19.0. The van der Waals surface area contributed by atoms with Crippen LogP contribution >= 0.6 is 0 Å². The van der Waals surface area contributed by atoms with Crippen LogP contribution in [0.5, 0.6) is 0 Å². The summed E-state index contributed by atoms with van der Waals surface area (Å²) in [6.07, 6.45) is 0. The van der Waals surface area contributed by atoms with E-state index < -0.39 is 11.9 Å². The van der Waals surface area contributed by atoms with Crippen molar-refractivity contribution in [1.82, 2.24) is 0 Å². The zero-order valence-electron chi connectivity index (χ0n) is 21.4. The first-order chi connectivity index (χ1) is 18.5. The minimum Gasteiger partial charge on any atom is -0.478 e. The third-order valence-electron chi connectivity index (χ3n) is 5.34. The second-order valence-corrected chi connectivity index (χ2v) is 8.04. The predicted molar refractivity (Wildman–Crippen MR) is 153 cm³/mol. The van der Waals surface area contributed by atoms with Gasteiger partial charge < -0.3 is 10.2 Å². The van der Waals surface area contributed by atoms with Crippen LogP contribution < -0.4 is 0 Å². The van der Waals surface area contributed by atoms with Gasteiger partial charge in [0.05, 0.1) is 0 Å². The molecule has 6 rings (SSSR count). The fraction of sp³-hybridized carbons (Fsp3) is 0. The Morgan fingerprint density at radius 1 is 0.500 bits per heavy atom. The van der Waals surface area contributed by atoms with Gasteiger partial charge in [-0.05, 0) is 0 Å². The molecule has 0 saturated carbocycles. The third kappa shape index (κ3) is 11.7. The largest absolute Gasteiger partial charge is 2.00 e. The molecule has 204 valence electrons. The van der Waals surface area contributed by atoms with Crippen LogP contribution in [0.4, 0.5) is 0 Å². The van der Waals surface area contributed by atoms with Gasteiger partial charge >= 0.3 is 46.1 Å². The maximum atomic E-state index is 10.7. The van der Waals surface area contributed by atoms with E-state index in [1.807, 2.05) is 127 Å². The van der Waals surface area contributed by atoms with Crippen molar-refractivity contribution in [2.24, 2.45) is 0 Å². The number of benzene rings is 2. The number of hydrogen-bond acceptors (Lipinski definition) is 2. The Morgan fingerprint density at radius 2 is 0.925 bits per heavy atom. The molecule has 6 aromatic carbocycles. The van der Waals surface area contributed by atoms with Crippen molar-refractivity contribution in [2.45, 2.75) is 0 Å². The van der Waals surface area contributed by atoms with Gasteiger partial charge in [-0.1, -0.05) is 35.4 Å². The molecule has 0 heterocycles. The van der Waals surface area contributed by atoms with Crippen molar-refractivity contribution in [1.29, 1.82) is 0 Å². The van der Waals surface area contributed by atoms with Crippen molar-refractivity contribution in [3.05, 3.63) is 169 Å². The number of carbonyl (C=O) groups is 2. The van der Waals surface area contributed by atoms with Gasteiger partial charge in [-0.3, -0.25) is 0 Å². The SMILES string of the molecule is O=C(O)c1ccc(-[c-]2cccc2)cc1.O=C(O)c1cccc(-[c-]2cccc2)c1.[Fe+2].[Fe+2].c1cc[cH-]c1.c1cc[cH-]c1. The van der Waals surface area contributed by atoms with E-state index >= 15 is 0 Å². The van der Waals surface area contributed by atoms with Crippen LogP contribution in [0, 0.1) is 0 Å². The summed E-state index contributed by atoms with van der Waals surface area (Å²) in [5, 5.41) is 17.5. The summed E-state index contributed by atoms with van der Waals surface area (Å²) in [7, 11) is 0. The van der Waals surface area contributed by atoms with E-state index in [9.17, 15) is 9.59 Å². The molecular formula is C34H28Fe2O4. The van der Waals surface area contributed by atoms with Gasteiger partial charge in [0.1, 0.15) is 0 Å². The maximum Gasteiger partial charge on any atom is 2.00 e. The van der Waals surface area contributed by atoms with E-state index in [0.29, 0.717) is 11.1 Å². The van der Waals surface area contributed by atoms with Crippen LogP contribution in [-0.4, -0.2) is 22.2 Å². The second-order valence-electron chi connectivity index (χ2n) is 8.04. The van der Waals surface area contributed by atoms with Crippen molar-refractivity contribution in [3.8, 4) is 22.3 Å². The van der Waals surface area contributed by atoms with E-state index in [0.717, 1.165) is 22.3 Å². The van der Waals surface area contributed by atoms with E-state index in [1.165, 1.54) is 0 Å². The first kappa shape index (κ1) is 33.8. The Bertz CT molecular complexity index is 1370. The molecule has 0 unspecified atom stereocenters. The minimum atomic E-state index is -0.890. The standard InChI is InChI=1S/2C12H9O2.2C5H5.2Fe/c13-12(14)11-7-3-6-10(8-11)9-4-1-2-5-9;13-12(14)11-7-5-10(6-8-11)9-3-1-2-4-9;2*1-2-4-5-3-1;;/h2*1-8H,(H,13,14);2*1-5H;;/q4*-1;2*+2. The van der Waals surface area contributed by atoms with Crippen LogP contribution in [0.15, 0.2) is 158 Å². The summed E-state index contributed by atoms with van der Waals surface area (Å²) in [4.78, 5) is 21.3. The summed E-state index contributed by atoms with van der Waals surface area (Å²) >= 11 is 0. The topological polar surface area (TPSA) is 74.6 Å². The molecule has 0 fully saturated rings. The Hall–Kier alpha value is -4.18. The van der Waals surface area contributed by atoms with Crippen molar-refractivity contribution in [2.75, 3.05) is 0 Å². The van der Waals surface area contributed by atoms with Gasteiger partial charge in [-0.25, -0.2) is 33.9 Å². The van der Waals surface area contributed by atoms with Gasteiger partial charge in [0.25, 0.3) is 0 Å². The van der Waals surface area contributed by atoms with Gasteiger partial charge in [0.2, 0.25) is 0 Å². The molecule has 0 aliphatic carbocycles. The van der Waals surface area contributed by atoms with Gasteiger partial charge in [0.15, 0.2) is 0 Å². The van der Waals surface area contributed by atoms with Crippen molar-refractivity contribution >= 4 is 11.9 Å². The van der Waals surface area contributed by atoms with E-state index in [2.05, 4.69) is 0 Å². The Kier molecular flexibility index (Phi) is 16.1. The molecule has 4 nitrogen and oxygen atoms in total. The van der Waals surface area contributed by atoms with E-state index in [-0.39, 0.29) is 34.1 Å². The van der Waals surface area contributed by atoms with Gasteiger partial charge in [-0.2, -0.15) is 60.7 Å². The normalized spacial score (nSPS) is 9.00. The molecule has 0 aromatic heterocycles. The van der Waals surface area contributed by atoms with Crippen LogP contribution in [0.3, 0.4) is 0 Å². The number of carboxylic acids is 2. The Morgan fingerprint density at radius 3 is 1.30 bits per heavy atom. The van der Waals surface area contributed by atoms with Crippen LogP contribution in [0.1, 0.15) is 20.7 Å². The number of rotatable bonds is 4. The molecule has 0 spiro atoms. The van der Waals surface area contributed by atoms with Crippen LogP contribution in [0.2, 0.25) is 0 Å². The number of carboxylic acid groups (broad SMARTS) is 2. The number of hydrogen-bond donors (Lipinski definition) is 2. The Balaban J connectivity index is 0.000000288. The Labute approximate surface area is 256 Å². The average molecular weight is 612 g/mol. The van der Waals surface area contributed by atoms with E-state index in [4.69, 9.17) is 10.2 Å². The van der Waals surface area contributed by atoms with Crippen molar-refractivity contribution < 1.29 is 53.9 Å². The predicted octanol–water partition coefficient (Wildman–Crippen LogP) is 8.35. The maximum absolute atomic E-state index is 10.7. The van der Waals surface area contributed by atoms with Gasteiger partial charge in [-0.15, -0.1) is 59.7 Å². The molecule has 6 heteroatoms. The summed E-state index contributed by atoms with van der Waals surface area (Å²) in [5.41, 5.74) is 4.79. The van der Waals surface area contributed by atoms with Crippen molar-refractivity contribution in [3.63, 3.8) is 0 Å². The summed E-state index contributed by atoms with van der Waals surface area (Å²) < 4.78 is 0. The van der Waals surface area contributed by atoms with Gasteiger partial charge in [0, 0.05) is 11.1 Å². The summed E-state index contributed by atoms with van der Waals surface area (Å²) in [5.74, 6) is -1.78. The third-order valence-corrected chi connectivity index (χ3v) is 5.34. The first-order valence-corrected chi connectivity index (χ1v) is 12.0. The molecule has 0 aliphatic rings. The average Bonchev–Trinajstić information content (AvgIpc) is 3.78. The zero-order chi connectivity index (χ0) is 27.0. The monoisotopic (exact) mass is 612 g/mol. The number of aromatic carboxylic acids is 2. The molecule has 2 N–H and O–H groups in total. The molecule has 0 saturated heterocycles. The fourth-order valence-electron chi connectivity index (χ4n) is 3.41. The molecule has 6 aromatic rings. The minimum absolute atomic E-state index is 0. The van der Waals surface area contributed by atoms with Crippen LogP contribution in [-0.2, 0) is 34.1 Å². The molecule has 0 atom stereocenters. The molecule has 0 aliphatic heterocycles. The quantitative estimate of drug-likeness (QED) is 0.155. The fourth-order valence-corrected chi connectivity index (χ4v) is 3.41.